The predicted octanol–water partition coefficient (Wildman–Crippen LogP) is 4.22. The lowest BCUT2D eigenvalue weighted by atomic mass is 9.78. The molecule has 0 amide bonds. The SMILES string of the molecule is COc1ccc(CN2CCC2(Cc2ccccc2)C(=O)OC(C)(C)C)cc1. The molecule has 144 valence electrons. The molecule has 0 aromatic heterocycles. The van der Waals surface area contributed by atoms with Crippen LogP contribution in [0.15, 0.2) is 54.6 Å². The number of rotatable bonds is 6. The van der Waals surface area contributed by atoms with Crippen molar-refractivity contribution in [3.8, 4) is 5.75 Å². The van der Waals surface area contributed by atoms with Gasteiger partial charge in [-0.25, -0.2) is 0 Å². The van der Waals surface area contributed by atoms with Crippen LogP contribution in [0.1, 0.15) is 38.3 Å². The van der Waals surface area contributed by atoms with Crippen molar-refractivity contribution in [3.63, 3.8) is 0 Å². The van der Waals surface area contributed by atoms with Crippen LogP contribution in [0.5, 0.6) is 5.75 Å². The van der Waals surface area contributed by atoms with Gasteiger partial charge in [-0.05, 0) is 50.5 Å². The van der Waals surface area contributed by atoms with Crippen LogP contribution in [-0.2, 0) is 22.5 Å². The number of hydrogen-bond donors (Lipinski definition) is 0. The Hall–Kier alpha value is -2.33. The maximum atomic E-state index is 13.2. The highest BCUT2D eigenvalue weighted by Crippen LogP contribution is 2.38. The van der Waals surface area contributed by atoms with Gasteiger partial charge >= 0.3 is 5.97 Å². The molecule has 1 aliphatic rings. The molecule has 0 aliphatic carbocycles. The first kappa shape index (κ1) is 19.4. The number of carbonyl (C=O) groups is 1. The zero-order chi connectivity index (χ0) is 19.5. The fraction of sp³-hybridized carbons (Fsp3) is 0.435. The van der Waals surface area contributed by atoms with Crippen LogP contribution in [0.4, 0.5) is 0 Å². The van der Waals surface area contributed by atoms with Crippen molar-refractivity contribution in [3.05, 3.63) is 65.7 Å². The Kier molecular flexibility index (Phi) is 5.56. The van der Waals surface area contributed by atoms with E-state index in [1.807, 2.05) is 51.1 Å². The van der Waals surface area contributed by atoms with E-state index in [-0.39, 0.29) is 5.97 Å². The summed E-state index contributed by atoms with van der Waals surface area (Å²) in [6.07, 6.45) is 1.48. The number of nitrogens with zero attached hydrogens (tertiary/aromatic N) is 1. The average Bonchev–Trinajstić information content (AvgIpc) is 2.63. The summed E-state index contributed by atoms with van der Waals surface area (Å²) in [5.41, 5.74) is 1.22. The minimum absolute atomic E-state index is 0.126. The zero-order valence-corrected chi connectivity index (χ0v) is 16.7. The van der Waals surface area contributed by atoms with Gasteiger partial charge in [-0.1, -0.05) is 42.5 Å². The molecule has 0 bridgehead atoms. The second-order valence-corrected chi connectivity index (χ2v) is 8.22. The number of esters is 1. The Morgan fingerprint density at radius 3 is 2.22 bits per heavy atom. The molecule has 2 aromatic carbocycles. The van der Waals surface area contributed by atoms with Gasteiger partial charge in [0.1, 0.15) is 16.9 Å². The lowest BCUT2D eigenvalue weighted by molar-refractivity contribution is -0.181. The van der Waals surface area contributed by atoms with Gasteiger partial charge in [0.2, 0.25) is 0 Å². The highest BCUT2D eigenvalue weighted by Gasteiger charge is 2.52. The van der Waals surface area contributed by atoms with Crippen molar-refractivity contribution in [2.24, 2.45) is 0 Å². The molecule has 0 saturated carbocycles. The van der Waals surface area contributed by atoms with Crippen LogP contribution in [0.2, 0.25) is 0 Å². The molecule has 1 unspecified atom stereocenters. The second kappa shape index (κ2) is 7.73. The maximum Gasteiger partial charge on any atom is 0.327 e. The molecule has 3 rings (SSSR count). The Morgan fingerprint density at radius 2 is 1.70 bits per heavy atom. The lowest BCUT2D eigenvalue weighted by Gasteiger charge is -2.51. The summed E-state index contributed by atoms with van der Waals surface area (Å²) in [5.74, 6) is 0.712. The van der Waals surface area contributed by atoms with Gasteiger partial charge < -0.3 is 9.47 Å². The highest BCUT2D eigenvalue weighted by atomic mass is 16.6. The molecule has 0 radical (unpaired) electrons. The standard InChI is InChI=1S/C23H29NO3/c1-22(2,3)27-21(25)23(16-18-8-6-5-7-9-18)14-15-24(23)17-19-10-12-20(26-4)13-11-19/h5-13H,14-17H2,1-4H3. The van der Waals surface area contributed by atoms with Gasteiger partial charge in [-0.3, -0.25) is 9.69 Å². The van der Waals surface area contributed by atoms with Gasteiger partial charge in [0.15, 0.2) is 0 Å². The van der Waals surface area contributed by atoms with E-state index in [4.69, 9.17) is 9.47 Å². The molecule has 0 spiro atoms. The first-order valence-electron chi connectivity index (χ1n) is 9.48. The monoisotopic (exact) mass is 367 g/mol. The minimum atomic E-state index is -0.603. The van der Waals surface area contributed by atoms with Gasteiger partial charge in [0.25, 0.3) is 0 Å². The number of likely N-dealkylation sites (tertiary alicyclic amines) is 1. The molecule has 27 heavy (non-hydrogen) atoms. The fourth-order valence-corrected chi connectivity index (χ4v) is 3.53. The number of methoxy groups -OCH3 is 1. The van der Waals surface area contributed by atoms with Crippen molar-refractivity contribution >= 4 is 5.97 Å². The number of ether oxygens (including phenoxy) is 2. The summed E-state index contributed by atoms with van der Waals surface area (Å²) in [7, 11) is 1.66. The second-order valence-electron chi connectivity index (χ2n) is 8.22. The van der Waals surface area contributed by atoms with E-state index < -0.39 is 11.1 Å². The molecule has 4 heteroatoms. The molecule has 2 aromatic rings. The van der Waals surface area contributed by atoms with Gasteiger partial charge in [-0.15, -0.1) is 0 Å². The third-order valence-electron chi connectivity index (χ3n) is 5.05. The van der Waals surface area contributed by atoms with Crippen molar-refractivity contribution in [2.45, 2.75) is 51.3 Å². The molecule has 1 fully saturated rings. The molecule has 4 nitrogen and oxygen atoms in total. The van der Waals surface area contributed by atoms with Crippen LogP contribution in [0, 0.1) is 0 Å². The third-order valence-corrected chi connectivity index (χ3v) is 5.05. The van der Waals surface area contributed by atoms with Crippen LogP contribution in [0.25, 0.3) is 0 Å². The van der Waals surface area contributed by atoms with Crippen molar-refractivity contribution < 1.29 is 14.3 Å². The van der Waals surface area contributed by atoms with Crippen LogP contribution in [-0.4, -0.2) is 35.7 Å². The van der Waals surface area contributed by atoms with Crippen molar-refractivity contribution in [1.29, 1.82) is 0 Å². The number of carbonyl (C=O) groups excluding carboxylic acids is 1. The van der Waals surface area contributed by atoms with Crippen LogP contribution >= 0.6 is 0 Å². The number of hydrogen-bond acceptors (Lipinski definition) is 4. The molecule has 1 atom stereocenters. The van der Waals surface area contributed by atoms with Crippen molar-refractivity contribution in [1.82, 2.24) is 4.90 Å². The smallest absolute Gasteiger partial charge is 0.327 e. The van der Waals surface area contributed by atoms with E-state index in [9.17, 15) is 4.79 Å². The summed E-state index contributed by atoms with van der Waals surface area (Å²) in [5, 5.41) is 0. The maximum absolute atomic E-state index is 13.2. The molecule has 0 N–H and O–H groups in total. The summed E-state index contributed by atoms with van der Waals surface area (Å²) >= 11 is 0. The van der Waals surface area contributed by atoms with E-state index in [0.717, 1.165) is 36.4 Å². The summed E-state index contributed by atoms with van der Waals surface area (Å²) in [4.78, 5) is 15.4. The lowest BCUT2D eigenvalue weighted by Crippen LogP contribution is -2.66. The largest absolute Gasteiger partial charge is 0.497 e. The van der Waals surface area contributed by atoms with E-state index in [1.54, 1.807) is 7.11 Å². The van der Waals surface area contributed by atoms with Crippen LogP contribution < -0.4 is 4.74 Å². The fourth-order valence-electron chi connectivity index (χ4n) is 3.53. The predicted molar refractivity (Wildman–Crippen MR) is 107 cm³/mol. The van der Waals surface area contributed by atoms with E-state index >= 15 is 0 Å². The van der Waals surface area contributed by atoms with E-state index in [0.29, 0.717) is 6.42 Å². The van der Waals surface area contributed by atoms with Gasteiger partial charge in [0, 0.05) is 19.5 Å². The number of benzene rings is 2. The summed E-state index contributed by atoms with van der Waals surface area (Å²) in [6.45, 7) is 7.38. The molecular formula is C23H29NO3. The van der Waals surface area contributed by atoms with Crippen molar-refractivity contribution in [2.75, 3.05) is 13.7 Å². The van der Waals surface area contributed by atoms with E-state index in [2.05, 4.69) is 29.2 Å². The molecule has 1 saturated heterocycles. The topological polar surface area (TPSA) is 38.8 Å². The quantitative estimate of drug-likeness (QED) is 0.717. The first-order chi connectivity index (χ1) is 12.8. The third kappa shape index (κ3) is 4.51. The average molecular weight is 367 g/mol. The normalized spacial score (nSPS) is 20.0. The molecule has 1 aliphatic heterocycles. The Balaban J connectivity index is 1.83. The van der Waals surface area contributed by atoms with Gasteiger partial charge in [-0.2, -0.15) is 0 Å². The van der Waals surface area contributed by atoms with Crippen LogP contribution in [0.3, 0.4) is 0 Å². The minimum Gasteiger partial charge on any atom is -0.497 e. The highest BCUT2D eigenvalue weighted by molar-refractivity contribution is 5.83. The molecule has 1 heterocycles. The first-order valence-corrected chi connectivity index (χ1v) is 9.48. The summed E-state index contributed by atoms with van der Waals surface area (Å²) < 4.78 is 11.1. The molecular weight excluding hydrogens is 338 g/mol. The Labute approximate surface area is 162 Å². The zero-order valence-electron chi connectivity index (χ0n) is 16.7. The summed E-state index contributed by atoms with van der Waals surface area (Å²) in [6, 6.07) is 18.2. The van der Waals surface area contributed by atoms with E-state index in [1.165, 1.54) is 0 Å². The van der Waals surface area contributed by atoms with Gasteiger partial charge in [0.05, 0.1) is 7.11 Å². The Morgan fingerprint density at radius 1 is 1.04 bits per heavy atom. The Bertz CT molecular complexity index is 764.